The number of aliphatic hydroxyl groups excluding tert-OH is 7. The molecule has 19 heteroatoms. The predicted molar refractivity (Wildman–Crippen MR) is 243 cm³/mol. The molecule has 0 radical (unpaired) electrons. The predicted octanol–water partition coefficient (Wildman–Crippen LogP) is 4.45. The summed E-state index contributed by atoms with van der Waals surface area (Å²) in [6.07, 6.45) is -7.12. The van der Waals surface area contributed by atoms with Gasteiger partial charge in [-0.3, -0.25) is 24.0 Å². The van der Waals surface area contributed by atoms with Gasteiger partial charge in [0.15, 0.2) is 6.29 Å². The van der Waals surface area contributed by atoms with Crippen LogP contribution in [0.15, 0.2) is 0 Å². The van der Waals surface area contributed by atoms with Gasteiger partial charge in [0.25, 0.3) is 0 Å². The van der Waals surface area contributed by atoms with Gasteiger partial charge in [-0.25, -0.2) is 0 Å². The molecule has 1 rings (SSSR count). The largest absolute Gasteiger partial charge is 0.481 e. The summed E-state index contributed by atoms with van der Waals surface area (Å²) in [7, 11) is 0. The number of esters is 4. The standard InChI is InChI=1S/C48H86O19/c1-6-10-14-18-32(51)22-38(66-48-47(61)46(60)45(59)40(30-49)67-48)28-43(57)64-36(20-16-12-8-3)24-34(53)26-42(56)65-37(21-17-13-9-4)27-39(62-31(5)50)29-44(58)63-35(19-15-11-7-2)23-33(52)25-41(54)55/h32-40,45-49,51-53,59-61H,6-30H2,1-5H3,(H,54,55). The second-order valence-corrected chi connectivity index (χ2v) is 18.1. The molecule has 13 unspecified atom stereocenters. The number of ether oxygens (including phenoxy) is 6. The molecule has 0 aliphatic carbocycles. The molecule has 1 aliphatic heterocycles. The average Bonchev–Trinajstić information content (AvgIpc) is 3.23. The minimum atomic E-state index is -1.74. The van der Waals surface area contributed by atoms with Crippen molar-refractivity contribution in [3.8, 4) is 0 Å². The van der Waals surface area contributed by atoms with Crippen LogP contribution in [0.4, 0.5) is 0 Å². The zero-order chi connectivity index (χ0) is 50.3. The van der Waals surface area contributed by atoms with E-state index < -0.39 is 135 Å². The Morgan fingerprint density at radius 3 is 1.36 bits per heavy atom. The van der Waals surface area contributed by atoms with Gasteiger partial charge in [-0.1, -0.05) is 85.5 Å². The molecule has 1 fully saturated rings. The molecule has 0 spiro atoms. The Hall–Kier alpha value is -3.01. The van der Waals surface area contributed by atoms with E-state index in [2.05, 4.69) is 0 Å². The SMILES string of the molecule is CCCCCC(O)CC(CC(=O)OC(CCCCC)CC(O)CC(=O)OC(CCCCC)CC(CC(=O)OC(CCCCC)CC(O)CC(=O)O)OC(C)=O)OC1OC(CO)C(O)C(O)C1O. The van der Waals surface area contributed by atoms with E-state index in [9.17, 15) is 59.7 Å². The maximum atomic E-state index is 13.5. The van der Waals surface area contributed by atoms with Crippen LogP contribution in [0.1, 0.15) is 189 Å². The zero-order valence-corrected chi connectivity index (χ0v) is 40.8. The van der Waals surface area contributed by atoms with E-state index >= 15 is 0 Å². The number of aliphatic hydroxyl groups is 7. The third-order valence-corrected chi connectivity index (χ3v) is 11.7. The van der Waals surface area contributed by atoms with Crippen molar-refractivity contribution in [1.29, 1.82) is 0 Å². The van der Waals surface area contributed by atoms with Crippen LogP contribution in [0, 0.1) is 0 Å². The highest BCUT2D eigenvalue weighted by Gasteiger charge is 2.45. The lowest BCUT2D eigenvalue weighted by Crippen LogP contribution is -2.59. The molecular weight excluding hydrogens is 881 g/mol. The Morgan fingerprint density at radius 2 is 0.910 bits per heavy atom. The molecule has 0 bridgehead atoms. The first-order chi connectivity index (χ1) is 31.8. The fourth-order valence-electron chi connectivity index (χ4n) is 8.09. The Balaban J connectivity index is 3.13. The number of rotatable bonds is 39. The molecule has 0 aromatic rings. The first-order valence-corrected chi connectivity index (χ1v) is 24.8. The molecule has 0 aromatic heterocycles. The lowest BCUT2D eigenvalue weighted by Gasteiger charge is -2.41. The molecule has 67 heavy (non-hydrogen) atoms. The number of carbonyl (C=O) groups is 5. The van der Waals surface area contributed by atoms with E-state index in [0.29, 0.717) is 51.4 Å². The molecule has 19 nitrogen and oxygen atoms in total. The van der Waals surface area contributed by atoms with Crippen LogP contribution in [0.2, 0.25) is 0 Å². The summed E-state index contributed by atoms with van der Waals surface area (Å²) in [6.45, 7) is 8.48. The van der Waals surface area contributed by atoms with E-state index in [1.165, 1.54) is 6.92 Å². The minimum Gasteiger partial charge on any atom is -0.481 e. The molecule has 0 amide bonds. The van der Waals surface area contributed by atoms with Gasteiger partial charge in [-0.2, -0.15) is 0 Å². The monoisotopic (exact) mass is 967 g/mol. The molecular formula is C48H86O19. The number of hydrogen-bond donors (Lipinski definition) is 8. The topological polar surface area (TPSA) is 303 Å². The molecule has 1 aliphatic rings. The van der Waals surface area contributed by atoms with Crippen molar-refractivity contribution in [3.63, 3.8) is 0 Å². The van der Waals surface area contributed by atoms with E-state index in [1.54, 1.807) is 0 Å². The van der Waals surface area contributed by atoms with Gasteiger partial charge in [0.1, 0.15) is 48.8 Å². The van der Waals surface area contributed by atoms with Crippen molar-refractivity contribution in [2.75, 3.05) is 6.61 Å². The van der Waals surface area contributed by atoms with Crippen LogP contribution in [-0.2, 0) is 52.4 Å². The van der Waals surface area contributed by atoms with Crippen molar-refractivity contribution in [2.24, 2.45) is 0 Å². The summed E-state index contributed by atoms with van der Waals surface area (Å²) in [4.78, 5) is 63.5. The van der Waals surface area contributed by atoms with Crippen LogP contribution in [0.5, 0.6) is 0 Å². The van der Waals surface area contributed by atoms with Crippen LogP contribution < -0.4 is 0 Å². The van der Waals surface area contributed by atoms with Crippen molar-refractivity contribution in [2.45, 2.75) is 268 Å². The lowest BCUT2D eigenvalue weighted by molar-refractivity contribution is -0.312. The van der Waals surface area contributed by atoms with E-state index in [-0.39, 0.29) is 32.1 Å². The summed E-state index contributed by atoms with van der Waals surface area (Å²) in [5.74, 6) is -4.14. The highest BCUT2D eigenvalue weighted by atomic mass is 16.7. The van der Waals surface area contributed by atoms with Gasteiger partial charge < -0.3 is 69.3 Å². The van der Waals surface area contributed by atoms with Gasteiger partial charge in [-0.05, 0) is 44.9 Å². The first-order valence-electron chi connectivity index (χ1n) is 24.8. The maximum Gasteiger partial charge on any atom is 0.309 e. The highest BCUT2D eigenvalue weighted by molar-refractivity contribution is 5.72. The maximum absolute atomic E-state index is 13.5. The summed E-state index contributed by atoms with van der Waals surface area (Å²) in [5.41, 5.74) is 0. The number of carboxylic acid groups (broad SMARTS) is 1. The van der Waals surface area contributed by atoms with Crippen molar-refractivity contribution >= 4 is 29.8 Å². The van der Waals surface area contributed by atoms with Gasteiger partial charge >= 0.3 is 29.8 Å². The van der Waals surface area contributed by atoms with Crippen molar-refractivity contribution in [1.82, 2.24) is 0 Å². The van der Waals surface area contributed by atoms with Gasteiger partial charge in [-0.15, -0.1) is 0 Å². The fraction of sp³-hybridized carbons (Fsp3) is 0.896. The second-order valence-electron chi connectivity index (χ2n) is 18.1. The number of carbonyl (C=O) groups excluding carboxylic acids is 4. The molecule has 8 N–H and O–H groups in total. The van der Waals surface area contributed by atoms with Gasteiger partial charge in [0.05, 0.1) is 56.7 Å². The molecule has 1 saturated heterocycles. The van der Waals surface area contributed by atoms with Crippen LogP contribution in [0.3, 0.4) is 0 Å². The molecule has 1 heterocycles. The van der Waals surface area contributed by atoms with E-state index in [4.69, 9.17) is 33.5 Å². The smallest absolute Gasteiger partial charge is 0.309 e. The minimum absolute atomic E-state index is 0.0563. The number of hydrogen-bond acceptors (Lipinski definition) is 18. The van der Waals surface area contributed by atoms with Crippen molar-refractivity contribution < 1.29 is 93.2 Å². The highest BCUT2D eigenvalue weighted by Crippen LogP contribution is 2.27. The van der Waals surface area contributed by atoms with Crippen LogP contribution in [-0.4, -0.2) is 157 Å². The molecule has 0 aromatic carbocycles. The average molecular weight is 967 g/mol. The van der Waals surface area contributed by atoms with Crippen LogP contribution in [0.25, 0.3) is 0 Å². The summed E-state index contributed by atoms with van der Waals surface area (Å²) < 4.78 is 34.2. The molecule has 13 atom stereocenters. The summed E-state index contributed by atoms with van der Waals surface area (Å²) >= 11 is 0. The Bertz CT molecular complexity index is 1360. The summed E-state index contributed by atoms with van der Waals surface area (Å²) in [5, 5.41) is 82.2. The normalized spacial score (nSPS) is 22.1. The first kappa shape index (κ1) is 62.0. The Kier molecular flexibility index (Phi) is 33.3. The number of unbranched alkanes of at least 4 members (excludes halogenated alkanes) is 8. The van der Waals surface area contributed by atoms with Crippen LogP contribution >= 0.6 is 0 Å². The third kappa shape index (κ3) is 28.3. The zero-order valence-electron chi connectivity index (χ0n) is 40.8. The number of aliphatic carboxylic acids is 1. The van der Waals surface area contributed by atoms with Gasteiger partial charge in [0, 0.05) is 32.6 Å². The van der Waals surface area contributed by atoms with Gasteiger partial charge in [0.2, 0.25) is 0 Å². The third-order valence-electron chi connectivity index (χ3n) is 11.7. The van der Waals surface area contributed by atoms with Crippen molar-refractivity contribution in [3.05, 3.63) is 0 Å². The molecule has 0 saturated carbocycles. The number of carboxylic acids is 1. The van der Waals surface area contributed by atoms with E-state index in [1.807, 2.05) is 27.7 Å². The second kappa shape index (κ2) is 36.0. The van der Waals surface area contributed by atoms with E-state index in [0.717, 1.165) is 51.4 Å². The summed E-state index contributed by atoms with van der Waals surface area (Å²) in [6, 6.07) is 0. The quantitative estimate of drug-likeness (QED) is 0.0240. The fourth-order valence-corrected chi connectivity index (χ4v) is 8.09. The Labute approximate surface area is 397 Å². The Morgan fingerprint density at radius 1 is 0.493 bits per heavy atom. The molecule has 392 valence electrons. The lowest BCUT2D eigenvalue weighted by atomic mass is 9.98.